The van der Waals surface area contributed by atoms with Crippen molar-refractivity contribution in [2.45, 2.75) is 78.1 Å². The normalized spacial score (nSPS) is 13.7. The molecule has 0 aliphatic carbocycles. The van der Waals surface area contributed by atoms with Crippen molar-refractivity contribution in [3.05, 3.63) is 32.9 Å². The number of hydrogen-bond donors (Lipinski definition) is 2. The minimum absolute atomic E-state index is 0.526. The molecule has 27 heavy (non-hydrogen) atoms. The quantitative estimate of drug-likeness (QED) is 0.340. The van der Waals surface area contributed by atoms with Gasteiger partial charge in [-0.25, -0.2) is 0 Å². The fourth-order valence-corrected chi connectivity index (χ4v) is 3.96. The van der Waals surface area contributed by atoms with Gasteiger partial charge in [-0.05, 0) is 70.5 Å². The number of carboxylic acid groups (broad SMARTS) is 2. The molecular weight excluding hydrogens is 455 g/mol. The third kappa shape index (κ3) is 8.20. The number of halogens is 1. The summed E-state index contributed by atoms with van der Waals surface area (Å²) in [7, 11) is 0. The van der Waals surface area contributed by atoms with Crippen LogP contribution in [0.5, 0.6) is 0 Å². The van der Waals surface area contributed by atoms with Crippen LogP contribution >= 0.6 is 22.6 Å². The van der Waals surface area contributed by atoms with Crippen LogP contribution in [0.25, 0.3) is 0 Å². The van der Waals surface area contributed by atoms with E-state index in [1.54, 1.807) is 0 Å². The van der Waals surface area contributed by atoms with Crippen LogP contribution in [0.1, 0.15) is 89.2 Å². The van der Waals surface area contributed by atoms with Crippen molar-refractivity contribution in [2.75, 3.05) is 0 Å². The van der Waals surface area contributed by atoms with E-state index >= 15 is 0 Å². The number of benzene rings is 1. The SMILES string of the molecule is CC(C)CCCC(C(=O)O)c1ccc(I)cc1C(CCCC(C)C)C(=O)O. The molecule has 1 aromatic carbocycles. The van der Waals surface area contributed by atoms with E-state index < -0.39 is 23.8 Å². The van der Waals surface area contributed by atoms with Gasteiger partial charge < -0.3 is 10.2 Å². The second-order valence-electron chi connectivity index (χ2n) is 8.20. The van der Waals surface area contributed by atoms with E-state index in [9.17, 15) is 19.8 Å². The van der Waals surface area contributed by atoms with E-state index in [-0.39, 0.29) is 0 Å². The van der Waals surface area contributed by atoms with Gasteiger partial charge in [-0.2, -0.15) is 0 Å². The Hall–Kier alpha value is -1.11. The molecule has 152 valence electrons. The molecule has 1 aromatic rings. The largest absolute Gasteiger partial charge is 0.481 e. The Kier molecular flexibility index (Phi) is 10.3. The molecule has 4 nitrogen and oxygen atoms in total. The van der Waals surface area contributed by atoms with Crippen molar-refractivity contribution in [3.8, 4) is 0 Å². The highest BCUT2D eigenvalue weighted by Gasteiger charge is 2.29. The number of carbonyl (C=O) groups is 2. The molecule has 2 unspecified atom stereocenters. The topological polar surface area (TPSA) is 74.6 Å². The van der Waals surface area contributed by atoms with Crippen molar-refractivity contribution in [3.63, 3.8) is 0 Å². The van der Waals surface area contributed by atoms with Gasteiger partial charge in [0.25, 0.3) is 0 Å². The van der Waals surface area contributed by atoms with Gasteiger partial charge >= 0.3 is 11.9 Å². The van der Waals surface area contributed by atoms with E-state index in [0.29, 0.717) is 35.8 Å². The summed E-state index contributed by atoms with van der Waals surface area (Å²) in [6.07, 6.45) is 4.67. The smallest absolute Gasteiger partial charge is 0.310 e. The fourth-order valence-electron chi connectivity index (χ4n) is 3.45. The number of carboxylic acids is 2. The van der Waals surface area contributed by atoms with E-state index in [2.05, 4.69) is 50.3 Å². The summed E-state index contributed by atoms with van der Waals surface area (Å²) in [5, 5.41) is 19.6. The molecule has 0 radical (unpaired) electrons. The maximum Gasteiger partial charge on any atom is 0.310 e. The highest BCUT2D eigenvalue weighted by atomic mass is 127. The van der Waals surface area contributed by atoms with Crippen molar-refractivity contribution < 1.29 is 19.8 Å². The molecule has 0 fully saturated rings. The average Bonchev–Trinajstić information content (AvgIpc) is 2.55. The Labute approximate surface area is 176 Å². The zero-order valence-electron chi connectivity index (χ0n) is 16.9. The van der Waals surface area contributed by atoms with Crippen LogP contribution < -0.4 is 0 Å². The van der Waals surface area contributed by atoms with Crippen LogP contribution in [0.2, 0.25) is 0 Å². The lowest BCUT2D eigenvalue weighted by Crippen LogP contribution is -2.19. The van der Waals surface area contributed by atoms with Gasteiger partial charge in [-0.15, -0.1) is 0 Å². The van der Waals surface area contributed by atoms with Gasteiger partial charge in [0.05, 0.1) is 11.8 Å². The summed E-state index contributed by atoms with van der Waals surface area (Å²) in [4.78, 5) is 23.9. The molecule has 0 aromatic heterocycles. The maximum atomic E-state index is 12.0. The predicted octanol–water partition coefficient (Wildman–Crippen LogP) is 6.28. The third-order valence-corrected chi connectivity index (χ3v) is 5.62. The fraction of sp³-hybridized carbons (Fsp3) is 0.636. The van der Waals surface area contributed by atoms with Crippen molar-refractivity contribution >= 4 is 34.5 Å². The van der Waals surface area contributed by atoms with Crippen molar-refractivity contribution in [1.82, 2.24) is 0 Å². The lowest BCUT2D eigenvalue weighted by Gasteiger charge is -2.22. The molecule has 2 atom stereocenters. The van der Waals surface area contributed by atoms with Gasteiger partial charge in [0.15, 0.2) is 0 Å². The monoisotopic (exact) mass is 488 g/mol. The summed E-state index contributed by atoms with van der Waals surface area (Å²) < 4.78 is 0.938. The summed E-state index contributed by atoms with van der Waals surface area (Å²) in [5.41, 5.74) is 1.35. The summed E-state index contributed by atoms with van der Waals surface area (Å²) in [6, 6.07) is 5.57. The third-order valence-electron chi connectivity index (χ3n) is 4.94. The molecule has 0 amide bonds. The first-order valence-electron chi connectivity index (χ1n) is 9.88. The minimum atomic E-state index is -0.868. The van der Waals surface area contributed by atoms with Crippen LogP contribution in [0, 0.1) is 15.4 Å². The molecule has 0 bridgehead atoms. The number of hydrogen-bond acceptors (Lipinski definition) is 2. The molecule has 2 N–H and O–H groups in total. The van der Waals surface area contributed by atoms with E-state index in [1.807, 2.05) is 18.2 Å². The van der Waals surface area contributed by atoms with Crippen LogP contribution in [-0.2, 0) is 9.59 Å². The second kappa shape index (κ2) is 11.7. The molecular formula is C22H33IO4. The minimum Gasteiger partial charge on any atom is -0.481 e. The first-order valence-corrected chi connectivity index (χ1v) is 11.0. The van der Waals surface area contributed by atoms with E-state index in [1.165, 1.54) is 0 Å². The first-order chi connectivity index (χ1) is 12.6. The number of rotatable bonds is 12. The average molecular weight is 488 g/mol. The Balaban J connectivity index is 3.17. The molecule has 1 rings (SSSR count). The maximum absolute atomic E-state index is 12.0. The lowest BCUT2D eigenvalue weighted by molar-refractivity contribution is -0.140. The van der Waals surface area contributed by atoms with Gasteiger partial charge in [0.2, 0.25) is 0 Å². The Morgan fingerprint density at radius 1 is 0.815 bits per heavy atom. The van der Waals surface area contributed by atoms with Gasteiger partial charge in [-0.1, -0.05) is 59.4 Å². The molecule has 0 aliphatic rings. The van der Waals surface area contributed by atoms with Crippen LogP contribution in [-0.4, -0.2) is 22.2 Å². The van der Waals surface area contributed by atoms with Crippen LogP contribution in [0.15, 0.2) is 18.2 Å². The summed E-state index contributed by atoms with van der Waals surface area (Å²) in [6.45, 7) is 8.51. The zero-order valence-corrected chi connectivity index (χ0v) is 19.0. The Bertz CT molecular complexity index is 625. The first kappa shape index (κ1) is 23.9. The lowest BCUT2D eigenvalue weighted by atomic mass is 9.82. The van der Waals surface area contributed by atoms with Crippen molar-refractivity contribution in [2.24, 2.45) is 11.8 Å². The molecule has 0 saturated carbocycles. The summed E-state index contributed by atoms with van der Waals surface area (Å²) >= 11 is 2.16. The van der Waals surface area contributed by atoms with Crippen LogP contribution in [0.3, 0.4) is 0 Å². The van der Waals surface area contributed by atoms with Crippen molar-refractivity contribution in [1.29, 1.82) is 0 Å². The molecule has 0 heterocycles. The molecule has 0 aliphatic heterocycles. The standard InChI is InChI=1S/C22H33IO4/c1-14(2)7-5-9-18(21(24)25)17-12-11-16(23)13-20(17)19(22(26)27)10-6-8-15(3)4/h11-15,18-19H,5-10H2,1-4H3,(H,24,25)(H,26,27). The van der Waals surface area contributed by atoms with Gasteiger partial charge in [0.1, 0.15) is 0 Å². The Morgan fingerprint density at radius 2 is 1.26 bits per heavy atom. The summed E-state index contributed by atoms with van der Waals surface area (Å²) in [5.74, 6) is -1.99. The van der Waals surface area contributed by atoms with Crippen LogP contribution in [0.4, 0.5) is 0 Å². The van der Waals surface area contributed by atoms with Gasteiger partial charge in [-0.3, -0.25) is 9.59 Å². The highest BCUT2D eigenvalue weighted by molar-refractivity contribution is 14.1. The zero-order chi connectivity index (χ0) is 20.6. The highest BCUT2D eigenvalue weighted by Crippen LogP contribution is 2.34. The van der Waals surface area contributed by atoms with E-state index in [0.717, 1.165) is 29.3 Å². The molecule has 5 heteroatoms. The molecule has 0 spiro atoms. The van der Waals surface area contributed by atoms with Gasteiger partial charge in [0, 0.05) is 3.57 Å². The predicted molar refractivity (Wildman–Crippen MR) is 117 cm³/mol. The number of aliphatic carboxylic acids is 2. The van der Waals surface area contributed by atoms with E-state index in [4.69, 9.17) is 0 Å². The molecule has 0 saturated heterocycles. The Morgan fingerprint density at radius 3 is 1.67 bits per heavy atom. The second-order valence-corrected chi connectivity index (χ2v) is 9.45.